The topological polar surface area (TPSA) is 41.3 Å². The molecule has 2 rings (SSSR count). The predicted molar refractivity (Wildman–Crippen MR) is 81.4 cm³/mol. The molecule has 0 amide bonds. The van der Waals surface area contributed by atoms with Gasteiger partial charge in [0.1, 0.15) is 0 Å². The number of hydrogen-bond donors (Lipinski definition) is 1. The SMILES string of the molecule is CCCC1CCN(Cc2cc(CNC(C)C)no2)CC1. The molecule has 1 aromatic rings. The number of hydrogen-bond acceptors (Lipinski definition) is 4. The number of nitrogens with one attached hydrogen (secondary N) is 1. The summed E-state index contributed by atoms with van der Waals surface area (Å²) in [7, 11) is 0. The highest BCUT2D eigenvalue weighted by molar-refractivity contribution is 5.05. The fourth-order valence-corrected chi connectivity index (χ4v) is 2.88. The molecule has 0 aliphatic carbocycles. The average Bonchev–Trinajstić information content (AvgIpc) is 2.87. The van der Waals surface area contributed by atoms with Gasteiger partial charge in [0.2, 0.25) is 0 Å². The lowest BCUT2D eigenvalue weighted by Crippen LogP contribution is -2.33. The van der Waals surface area contributed by atoms with Crippen LogP contribution in [0.4, 0.5) is 0 Å². The van der Waals surface area contributed by atoms with E-state index in [1.54, 1.807) is 0 Å². The van der Waals surface area contributed by atoms with Crippen LogP contribution >= 0.6 is 0 Å². The molecule has 2 heterocycles. The predicted octanol–water partition coefficient (Wildman–Crippen LogP) is 3.18. The molecule has 0 radical (unpaired) electrons. The molecule has 0 saturated carbocycles. The van der Waals surface area contributed by atoms with Gasteiger partial charge in [0.15, 0.2) is 5.76 Å². The van der Waals surface area contributed by atoms with Gasteiger partial charge in [0.25, 0.3) is 0 Å². The largest absolute Gasteiger partial charge is 0.360 e. The number of nitrogens with zero attached hydrogens (tertiary/aromatic N) is 2. The first-order valence-electron chi connectivity index (χ1n) is 8.07. The minimum Gasteiger partial charge on any atom is -0.360 e. The normalized spacial score (nSPS) is 18.0. The lowest BCUT2D eigenvalue weighted by Gasteiger charge is -2.30. The van der Waals surface area contributed by atoms with E-state index in [4.69, 9.17) is 4.52 Å². The van der Waals surface area contributed by atoms with Crippen LogP contribution in [-0.4, -0.2) is 29.2 Å². The van der Waals surface area contributed by atoms with Gasteiger partial charge in [0.05, 0.1) is 12.2 Å². The van der Waals surface area contributed by atoms with Crippen molar-refractivity contribution in [1.29, 1.82) is 0 Å². The van der Waals surface area contributed by atoms with E-state index in [1.807, 2.05) is 0 Å². The number of piperidine rings is 1. The van der Waals surface area contributed by atoms with Crippen LogP contribution in [0.2, 0.25) is 0 Å². The van der Waals surface area contributed by atoms with Crippen LogP contribution in [-0.2, 0) is 13.1 Å². The smallest absolute Gasteiger partial charge is 0.151 e. The maximum Gasteiger partial charge on any atom is 0.151 e. The first-order valence-corrected chi connectivity index (χ1v) is 8.07. The fourth-order valence-electron chi connectivity index (χ4n) is 2.88. The molecule has 1 fully saturated rings. The highest BCUT2D eigenvalue weighted by atomic mass is 16.5. The third-order valence-electron chi connectivity index (χ3n) is 4.08. The van der Waals surface area contributed by atoms with Crippen molar-refractivity contribution in [3.05, 3.63) is 17.5 Å². The lowest BCUT2D eigenvalue weighted by atomic mass is 9.92. The minimum absolute atomic E-state index is 0.479. The van der Waals surface area contributed by atoms with E-state index in [2.05, 4.69) is 42.2 Å². The molecule has 4 heteroatoms. The molecule has 0 aromatic carbocycles. The molecule has 0 atom stereocenters. The minimum atomic E-state index is 0.479. The standard InChI is InChI=1S/C16H29N3O/c1-4-5-14-6-8-19(9-7-14)12-16-10-15(18-20-16)11-17-13(2)3/h10,13-14,17H,4-9,11-12H2,1-3H3. The van der Waals surface area contributed by atoms with Gasteiger partial charge in [0, 0.05) is 18.7 Å². The Hall–Kier alpha value is -0.870. The Morgan fingerprint density at radius 1 is 1.40 bits per heavy atom. The van der Waals surface area contributed by atoms with Crippen molar-refractivity contribution >= 4 is 0 Å². The van der Waals surface area contributed by atoms with Crippen molar-refractivity contribution in [2.24, 2.45) is 5.92 Å². The van der Waals surface area contributed by atoms with Gasteiger partial charge in [-0.2, -0.15) is 0 Å². The molecule has 1 N–H and O–H groups in total. The van der Waals surface area contributed by atoms with Crippen LogP contribution in [0.15, 0.2) is 10.6 Å². The third-order valence-corrected chi connectivity index (χ3v) is 4.08. The van der Waals surface area contributed by atoms with E-state index in [0.717, 1.165) is 30.5 Å². The van der Waals surface area contributed by atoms with Crippen molar-refractivity contribution < 1.29 is 4.52 Å². The molecular weight excluding hydrogens is 250 g/mol. The zero-order chi connectivity index (χ0) is 14.4. The van der Waals surface area contributed by atoms with Crippen LogP contribution < -0.4 is 5.32 Å². The second kappa shape index (κ2) is 7.79. The Bertz CT molecular complexity index is 381. The van der Waals surface area contributed by atoms with E-state index < -0.39 is 0 Å². The Morgan fingerprint density at radius 3 is 2.80 bits per heavy atom. The summed E-state index contributed by atoms with van der Waals surface area (Å²) in [6.45, 7) is 10.7. The van der Waals surface area contributed by atoms with Crippen molar-refractivity contribution in [3.8, 4) is 0 Å². The lowest BCUT2D eigenvalue weighted by molar-refractivity contribution is 0.157. The average molecular weight is 279 g/mol. The molecule has 4 nitrogen and oxygen atoms in total. The van der Waals surface area contributed by atoms with E-state index in [1.165, 1.54) is 38.8 Å². The van der Waals surface area contributed by atoms with Gasteiger partial charge in [-0.3, -0.25) is 4.90 Å². The van der Waals surface area contributed by atoms with E-state index in [9.17, 15) is 0 Å². The summed E-state index contributed by atoms with van der Waals surface area (Å²) in [6, 6.07) is 2.57. The van der Waals surface area contributed by atoms with Gasteiger partial charge in [-0.1, -0.05) is 38.8 Å². The molecule has 0 bridgehead atoms. The van der Waals surface area contributed by atoms with E-state index in [0.29, 0.717) is 6.04 Å². The summed E-state index contributed by atoms with van der Waals surface area (Å²) in [6.07, 6.45) is 5.38. The first-order chi connectivity index (χ1) is 9.67. The van der Waals surface area contributed by atoms with E-state index in [-0.39, 0.29) is 0 Å². The molecule has 1 aliphatic rings. The molecule has 114 valence electrons. The van der Waals surface area contributed by atoms with Crippen LogP contribution in [0, 0.1) is 5.92 Å². The van der Waals surface area contributed by atoms with E-state index >= 15 is 0 Å². The molecule has 0 unspecified atom stereocenters. The van der Waals surface area contributed by atoms with Crippen LogP contribution in [0.25, 0.3) is 0 Å². The van der Waals surface area contributed by atoms with Gasteiger partial charge >= 0.3 is 0 Å². The molecule has 1 aliphatic heterocycles. The van der Waals surface area contributed by atoms with Gasteiger partial charge in [-0.15, -0.1) is 0 Å². The van der Waals surface area contributed by atoms with Gasteiger partial charge in [-0.25, -0.2) is 0 Å². The molecule has 1 aromatic heterocycles. The highest BCUT2D eigenvalue weighted by Gasteiger charge is 2.19. The second-order valence-corrected chi connectivity index (χ2v) is 6.33. The Balaban J connectivity index is 1.74. The monoisotopic (exact) mass is 279 g/mol. The summed E-state index contributed by atoms with van der Waals surface area (Å²) in [4.78, 5) is 2.49. The fraction of sp³-hybridized carbons (Fsp3) is 0.812. The van der Waals surface area contributed by atoms with Crippen LogP contribution in [0.5, 0.6) is 0 Å². The third kappa shape index (κ3) is 4.91. The number of aromatic nitrogens is 1. The van der Waals surface area contributed by atoms with Gasteiger partial charge < -0.3 is 9.84 Å². The number of likely N-dealkylation sites (tertiary alicyclic amines) is 1. The maximum absolute atomic E-state index is 5.44. The van der Waals surface area contributed by atoms with Crippen molar-refractivity contribution in [2.75, 3.05) is 13.1 Å². The maximum atomic E-state index is 5.44. The first kappa shape index (κ1) is 15.5. The quantitative estimate of drug-likeness (QED) is 0.832. The Kier molecular flexibility index (Phi) is 6.05. The summed E-state index contributed by atoms with van der Waals surface area (Å²) in [5.41, 5.74) is 1.01. The van der Waals surface area contributed by atoms with Crippen molar-refractivity contribution in [3.63, 3.8) is 0 Å². The zero-order valence-corrected chi connectivity index (χ0v) is 13.2. The Labute approximate surface area is 122 Å². The van der Waals surface area contributed by atoms with Crippen LogP contribution in [0.1, 0.15) is 57.9 Å². The Morgan fingerprint density at radius 2 is 2.15 bits per heavy atom. The summed E-state index contributed by atoms with van der Waals surface area (Å²) in [5.74, 6) is 1.94. The second-order valence-electron chi connectivity index (χ2n) is 6.33. The highest BCUT2D eigenvalue weighted by Crippen LogP contribution is 2.22. The summed E-state index contributed by atoms with van der Waals surface area (Å²) >= 11 is 0. The number of rotatable bonds is 7. The molecule has 0 spiro atoms. The zero-order valence-electron chi connectivity index (χ0n) is 13.2. The van der Waals surface area contributed by atoms with Crippen molar-refractivity contribution in [1.82, 2.24) is 15.4 Å². The van der Waals surface area contributed by atoms with Crippen LogP contribution in [0.3, 0.4) is 0 Å². The summed E-state index contributed by atoms with van der Waals surface area (Å²) in [5, 5.41) is 7.50. The van der Waals surface area contributed by atoms with Gasteiger partial charge in [-0.05, 0) is 31.8 Å². The summed E-state index contributed by atoms with van der Waals surface area (Å²) < 4.78 is 5.44. The molecular formula is C16H29N3O. The van der Waals surface area contributed by atoms with Crippen molar-refractivity contribution in [2.45, 2.75) is 65.6 Å². The molecule has 20 heavy (non-hydrogen) atoms. The molecule has 1 saturated heterocycles.